The van der Waals surface area contributed by atoms with E-state index in [9.17, 15) is 8.78 Å². The third-order valence-corrected chi connectivity index (χ3v) is 6.05. The molecule has 178 valence electrons. The monoisotopic (exact) mass is 463 g/mol. The fourth-order valence-electron chi connectivity index (χ4n) is 4.59. The summed E-state index contributed by atoms with van der Waals surface area (Å²) >= 11 is 0. The van der Waals surface area contributed by atoms with Crippen molar-refractivity contribution >= 4 is 10.9 Å². The number of halogens is 4. The minimum atomic E-state index is -1.18. The van der Waals surface area contributed by atoms with Gasteiger partial charge in [0.05, 0.1) is 6.04 Å². The molecule has 1 fully saturated rings. The third kappa shape index (κ3) is 4.59. The first-order valence-corrected chi connectivity index (χ1v) is 11.4. The molecule has 4 nitrogen and oxygen atoms in total. The number of nitrogens with one attached hydrogen (secondary N) is 2. The highest BCUT2D eigenvalue weighted by Gasteiger charge is 2.36. The van der Waals surface area contributed by atoms with Gasteiger partial charge >= 0.3 is 0 Å². The van der Waals surface area contributed by atoms with Gasteiger partial charge in [0, 0.05) is 60.5 Å². The van der Waals surface area contributed by atoms with E-state index in [4.69, 9.17) is 4.74 Å². The second kappa shape index (κ2) is 9.73. The van der Waals surface area contributed by atoms with Crippen molar-refractivity contribution in [2.45, 2.75) is 45.5 Å². The van der Waals surface area contributed by atoms with Gasteiger partial charge in [0.1, 0.15) is 35.5 Å². The molecule has 1 saturated heterocycles. The van der Waals surface area contributed by atoms with E-state index in [1.807, 2.05) is 13.8 Å². The van der Waals surface area contributed by atoms with E-state index >= 15 is 8.78 Å². The van der Waals surface area contributed by atoms with E-state index in [1.54, 1.807) is 11.0 Å². The predicted octanol–water partition coefficient (Wildman–Crippen LogP) is 5.27. The molecule has 33 heavy (non-hydrogen) atoms. The Balaban J connectivity index is 0.00000126. The number of rotatable bonds is 5. The Morgan fingerprint density at radius 3 is 2.39 bits per heavy atom. The van der Waals surface area contributed by atoms with Gasteiger partial charge < -0.3 is 15.0 Å². The average molecular weight is 464 g/mol. The number of H-pyrrole nitrogens is 1. The number of aromatic amines is 1. The van der Waals surface area contributed by atoms with Gasteiger partial charge in [-0.1, -0.05) is 13.8 Å². The molecule has 0 aliphatic carbocycles. The minimum Gasteiger partial charge on any atom is -0.488 e. The molecule has 0 radical (unpaired) electrons. The number of nitrogens with zero attached hydrogens (tertiary/aromatic N) is 1. The van der Waals surface area contributed by atoms with Crippen LogP contribution in [0.15, 0.2) is 30.3 Å². The summed E-state index contributed by atoms with van der Waals surface area (Å²) < 4.78 is 63.9. The number of ether oxygens (including phenoxy) is 1. The summed E-state index contributed by atoms with van der Waals surface area (Å²) in [5, 5.41) is 3.73. The normalized spacial score (nSPS) is 19.4. The summed E-state index contributed by atoms with van der Waals surface area (Å²) in [6, 6.07) is 5.89. The van der Waals surface area contributed by atoms with Crippen LogP contribution in [-0.2, 0) is 6.42 Å². The smallest absolute Gasteiger partial charge is 0.135 e. The zero-order valence-corrected chi connectivity index (χ0v) is 19.0. The van der Waals surface area contributed by atoms with E-state index in [2.05, 4.69) is 10.3 Å². The second-order valence-electron chi connectivity index (χ2n) is 8.33. The Hall–Kier alpha value is -2.58. The molecule has 2 aliphatic rings. The Morgan fingerprint density at radius 2 is 1.79 bits per heavy atom. The molecule has 3 aromatic rings. The molecule has 2 aromatic carbocycles. The fourth-order valence-corrected chi connectivity index (χ4v) is 4.59. The highest BCUT2D eigenvalue weighted by atomic mass is 19.1. The molecule has 0 amide bonds. The summed E-state index contributed by atoms with van der Waals surface area (Å²) in [5.41, 5.74) is 1.90. The number of benzene rings is 2. The van der Waals surface area contributed by atoms with Crippen molar-refractivity contribution < 1.29 is 22.3 Å². The summed E-state index contributed by atoms with van der Waals surface area (Å²) in [5.74, 6) is -1.75. The van der Waals surface area contributed by atoms with Crippen molar-refractivity contribution in [2.75, 3.05) is 26.2 Å². The number of aromatic nitrogens is 1. The van der Waals surface area contributed by atoms with Gasteiger partial charge in [-0.15, -0.1) is 0 Å². The molecule has 8 heteroatoms. The van der Waals surface area contributed by atoms with E-state index in [0.717, 1.165) is 5.56 Å². The van der Waals surface area contributed by atoms with Crippen molar-refractivity contribution in [1.29, 1.82) is 0 Å². The number of hydrogen-bond acceptors (Lipinski definition) is 3. The molecule has 2 N–H and O–H groups in total. The van der Waals surface area contributed by atoms with E-state index < -0.39 is 23.8 Å². The molecular weight excluding hydrogens is 434 g/mol. The Labute approximate surface area is 190 Å². The first kappa shape index (κ1) is 23.6. The maximum atomic E-state index is 15.3. The lowest BCUT2D eigenvalue weighted by atomic mass is 9.91. The third-order valence-electron chi connectivity index (χ3n) is 6.05. The maximum Gasteiger partial charge on any atom is 0.135 e. The summed E-state index contributed by atoms with van der Waals surface area (Å²) in [6.07, 6.45) is -0.759. The van der Waals surface area contributed by atoms with Crippen LogP contribution in [0.1, 0.15) is 43.6 Å². The van der Waals surface area contributed by atoms with Crippen molar-refractivity contribution in [3.8, 4) is 5.75 Å². The Bertz CT molecular complexity index is 1100. The molecule has 2 atom stereocenters. The quantitative estimate of drug-likeness (QED) is 0.507. The van der Waals surface area contributed by atoms with Gasteiger partial charge in [0.25, 0.3) is 0 Å². The largest absolute Gasteiger partial charge is 0.488 e. The summed E-state index contributed by atoms with van der Waals surface area (Å²) in [6.45, 7) is 7.11. The van der Waals surface area contributed by atoms with Crippen LogP contribution in [0.3, 0.4) is 0 Å². The second-order valence-corrected chi connectivity index (χ2v) is 8.33. The molecule has 0 spiro atoms. The Morgan fingerprint density at radius 1 is 1.09 bits per heavy atom. The number of fused-ring (bicyclic) bond motifs is 3. The predicted molar refractivity (Wildman–Crippen MR) is 121 cm³/mol. The number of alkyl halides is 1. The molecule has 1 aromatic heterocycles. The van der Waals surface area contributed by atoms with Crippen LogP contribution in [0.5, 0.6) is 5.75 Å². The zero-order valence-electron chi connectivity index (χ0n) is 19.0. The summed E-state index contributed by atoms with van der Waals surface area (Å²) in [4.78, 5) is 4.94. The van der Waals surface area contributed by atoms with Gasteiger partial charge in [-0.3, -0.25) is 4.90 Å². The molecule has 0 saturated carbocycles. The van der Waals surface area contributed by atoms with Gasteiger partial charge in [0.15, 0.2) is 0 Å². The number of hydrogen-bond donors (Lipinski definition) is 2. The zero-order chi connectivity index (χ0) is 23.7. The first-order chi connectivity index (χ1) is 15.9. The molecule has 5 rings (SSSR count). The van der Waals surface area contributed by atoms with Crippen LogP contribution < -0.4 is 10.1 Å². The fraction of sp³-hybridized carbons (Fsp3) is 0.440. The highest BCUT2D eigenvalue weighted by Crippen LogP contribution is 2.41. The average Bonchev–Trinajstić information content (AvgIpc) is 3.10. The molecule has 2 unspecified atom stereocenters. The lowest BCUT2D eigenvalue weighted by molar-refractivity contribution is 0.139. The van der Waals surface area contributed by atoms with Crippen molar-refractivity contribution in [3.63, 3.8) is 0 Å². The van der Waals surface area contributed by atoms with E-state index in [-0.39, 0.29) is 29.8 Å². The summed E-state index contributed by atoms with van der Waals surface area (Å²) in [7, 11) is 0. The maximum absolute atomic E-state index is 15.3. The van der Waals surface area contributed by atoms with Crippen LogP contribution in [0.4, 0.5) is 17.6 Å². The van der Waals surface area contributed by atoms with Crippen LogP contribution >= 0.6 is 0 Å². The highest BCUT2D eigenvalue weighted by molar-refractivity contribution is 5.85. The SMILES string of the molecule is CC.CC(F)CN1CCc2c([nH]c3ccc(F)cc23)C1c1c(F)cc(OC2CNC2)cc1F. The lowest BCUT2D eigenvalue weighted by Crippen LogP contribution is -2.50. The molecule has 3 heterocycles. The van der Waals surface area contributed by atoms with Crippen LogP contribution in [0.25, 0.3) is 10.9 Å². The van der Waals surface area contributed by atoms with Gasteiger partial charge in [-0.25, -0.2) is 17.6 Å². The van der Waals surface area contributed by atoms with E-state index in [0.29, 0.717) is 42.7 Å². The molecule has 2 aliphatic heterocycles. The van der Waals surface area contributed by atoms with Gasteiger partial charge in [0.2, 0.25) is 0 Å². The van der Waals surface area contributed by atoms with Crippen molar-refractivity contribution in [3.05, 3.63) is 64.6 Å². The Kier molecular flexibility index (Phi) is 6.95. The van der Waals surface area contributed by atoms with Crippen LogP contribution in [0, 0.1) is 17.5 Å². The molecular formula is C25H29F4N3O. The van der Waals surface area contributed by atoms with E-state index in [1.165, 1.54) is 31.2 Å². The van der Waals surface area contributed by atoms with Gasteiger partial charge in [-0.05, 0) is 37.1 Å². The standard InChI is InChI=1S/C23H23F4N3O.C2H6/c1-12(24)11-30-5-4-16-17-6-13(25)2-3-20(17)29-22(16)23(30)21-18(26)7-14(8-19(21)27)31-15-9-28-10-15;1-2/h2-3,6-8,12,15,23,28-29H,4-5,9-11H2,1H3;1-2H3. The lowest BCUT2D eigenvalue weighted by Gasteiger charge is -2.37. The van der Waals surface area contributed by atoms with Crippen molar-refractivity contribution in [2.24, 2.45) is 0 Å². The van der Waals surface area contributed by atoms with Crippen molar-refractivity contribution in [1.82, 2.24) is 15.2 Å². The molecule has 0 bridgehead atoms. The topological polar surface area (TPSA) is 40.3 Å². The van der Waals surface area contributed by atoms with Crippen LogP contribution in [-0.4, -0.2) is 48.3 Å². The van der Waals surface area contributed by atoms with Gasteiger partial charge in [-0.2, -0.15) is 0 Å². The van der Waals surface area contributed by atoms with Crippen LogP contribution in [0.2, 0.25) is 0 Å². The first-order valence-electron chi connectivity index (χ1n) is 11.4. The minimum absolute atomic E-state index is 0.0265.